The van der Waals surface area contributed by atoms with Gasteiger partial charge in [0.25, 0.3) is 0 Å². The summed E-state index contributed by atoms with van der Waals surface area (Å²) in [6.45, 7) is 4.57. The monoisotopic (exact) mass is 203 g/mol. The second-order valence-corrected chi connectivity index (χ2v) is 4.77. The van der Waals surface area contributed by atoms with Crippen LogP contribution in [-0.2, 0) is 6.42 Å². The van der Waals surface area contributed by atoms with Gasteiger partial charge in [-0.1, -0.05) is 32.0 Å². The Morgan fingerprint density at radius 1 is 1.27 bits per heavy atom. The van der Waals surface area contributed by atoms with E-state index in [1.165, 1.54) is 30.5 Å². The fourth-order valence-electron chi connectivity index (χ4n) is 2.53. The van der Waals surface area contributed by atoms with Crippen molar-refractivity contribution in [1.29, 1.82) is 0 Å². The molecule has 1 N–H and O–H groups in total. The molecule has 0 aromatic heterocycles. The van der Waals surface area contributed by atoms with E-state index in [-0.39, 0.29) is 0 Å². The first kappa shape index (κ1) is 10.5. The number of aryl methyl sites for hydroxylation is 1. The normalized spacial score (nSPS) is 25.5. The van der Waals surface area contributed by atoms with Gasteiger partial charge in [-0.3, -0.25) is 0 Å². The highest BCUT2D eigenvalue weighted by Crippen LogP contribution is 2.28. The number of hydrogen-bond donors (Lipinski definition) is 1. The first-order valence-corrected chi connectivity index (χ1v) is 6.14. The summed E-state index contributed by atoms with van der Waals surface area (Å²) in [5, 5.41) is 3.69. The molecule has 1 nitrogen and oxygen atoms in total. The van der Waals surface area contributed by atoms with Crippen molar-refractivity contribution in [2.24, 2.45) is 5.92 Å². The average Bonchev–Trinajstić information content (AvgIpc) is 2.65. The van der Waals surface area contributed by atoms with Crippen LogP contribution < -0.4 is 5.32 Å². The van der Waals surface area contributed by atoms with Gasteiger partial charge in [-0.15, -0.1) is 0 Å². The summed E-state index contributed by atoms with van der Waals surface area (Å²) in [6, 6.07) is 9.39. The van der Waals surface area contributed by atoms with Crippen LogP contribution in [0.4, 0.5) is 5.69 Å². The van der Waals surface area contributed by atoms with Gasteiger partial charge in [0.2, 0.25) is 0 Å². The van der Waals surface area contributed by atoms with Gasteiger partial charge in [-0.25, -0.2) is 0 Å². The lowest BCUT2D eigenvalue weighted by Crippen LogP contribution is -2.16. The second kappa shape index (κ2) is 4.69. The van der Waals surface area contributed by atoms with Crippen LogP contribution in [0.3, 0.4) is 0 Å². The lowest BCUT2D eigenvalue weighted by molar-refractivity contribution is 0.602. The Bertz CT molecular complexity index is 319. The minimum Gasteiger partial charge on any atom is -0.382 e. The second-order valence-electron chi connectivity index (χ2n) is 4.77. The van der Waals surface area contributed by atoms with Crippen LogP contribution >= 0.6 is 0 Å². The van der Waals surface area contributed by atoms with Gasteiger partial charge >= 0.3 is 0 Å². The van der Waals surface area contributed by atoms with E-state index in [4.69, 9.17) is 0 Å². The molecule has 1 fully saturated rings. The summed E-state index contributed by atoms with van der Waals surface area (Å²) in [7, 11) is 0. The molecule has 0 saturated heterocycles. The van der Waals surface area contributed by atoms with Crippen molar-refractivity contribution in [3.8, 4) is 0 Å². The molecule has 15 heavy (non-hydrogen) atoms. The highest BCUT2D eigenvalue weighted by atomic mass is 14.9. The van der Waals surface area contributed by atoms with E-state index >= 15 is 0 Å². The van der Waals surface area contributed by atoms with Crippen molar-refractivity contribution in [2.75, 3.05) is 5.32 Å². The van der Waals surface area contributed by atoms with Crippen LogP contribution in [0.5, 0.6) is 0 Å². The predicted molar refractivity (Wildman–Crippen MR) is 66.2 cm³/mol. The molecule has 0 aliphatic heterocycles. The molecule has 1 saturated carbocycles. The van der Waals surface area contributed by atoms with E-state index in [0.717, 1.165) is 12.3 Å². The van der Waals surface area contributed by atoms with Crippen LogP contribution in [-0.4, -0.2) is 6.04 Å². The zero-order valence-corrected chi connectivity index (χ0v) is 9.79. The predicted octanol–water partition coefficient (Wildman–Crippen LogP) is 3.85. The Kier molecular flexibility index (Phi) is 3.30. The molecule has 0 heterocycles. The topological polar surface area (TPSA) is 12.0 Å². The first-order chi connectivity index (χ1) is 7.29. The third kappa shape index (κ3) is 2.53. The maximum absolute atomic E-state index is 3.69. The molecule has 1 aliphatic rings. The number of benzene rings is 1. The van der Waals surface area contributed by atoms with Crippen LogP contribution in [0.2, 0.25) is 0 Å². The van der Waals surface area contributed by atoms with E-state index in [0.29, 0.717) is 6.04 Å². The van der Waals surface area contributed by atoms with E-state index in [1.54, 1.807) is 0 Å². The molecule has 0 bridgehead atoms. The van der Waals surface area contributed by atoms with Crippen molar-refractivity contribution >= 4 is 5.69 Å². The number of rotatable bonds is 3. The lowest BCUT2D eigenvalue weighted by Gasteiger charge is -2.16. The molecule has 1 aromatic carbocycles. The van der Waals surface area contributed by atoms with Gasteiger partial charge in [0, 0.05) is 11.7 Å². The van der Waals surface area contributed by atoms with Crippen molar-refractivity contribution in [3.63, 3.8) is 0 Å². The maximum Gasteiger partial charge on any atom is 0.0374 e. The highest BCUT2D eigenvalue weighted by molar-refractivity contribution is 5.51. The fourth-order valence-corrected chi connectivity index (χ4v) is 2.53. The van der Waals surface area contributed by atoms with Gasteiger partial charge in [0.1, 0.15) is 0 Å². The van der Waals surface area contributed by atoms with Gasteiger partial charge in [0.05, 0.1) is 0 Å². The van der Waals surface area contributed by atoms with Gasteiger partial charge in [-0.05, 0) is 43.2 Å². The summed E-state index contributed by atoms with van der Waals surface area (Å²) in [5.41, 5.74) is 2.79. The average molecular weight is 203 g/mol. The van der Waals surface area contributed by atoms with Crippen molar-refractivity contribution in [2.45, 2.75) is 45.6 Å². The van der Waals surface area contributed by atoms with Crippen LogP contribution in [0, 0.1) is 5.92 Å². The zero-order valence-electron chi connectivity index (χ0n) is 9.79. The molecule has 0 amide bonds. The quantitative estimate of drug-likeness (QED) is 0.786. The molecule has 2 unspecified atom stereocenters. The summed E-state index contributed by atoms with van der Waals surface area (Å²) < 4.78 is 0. The fraction of sp³-hybridized carbons (Fsp3) is 0.571. The molecule has 2 rings (SSSR count). The summed E-state index contributed by atoms with van der Waals surface area (Å²) in [4.78, 5) is 0. The summed E-state index contributed by atoms with van der Waals surface area (Å²) in [5.74, 6) is 0.899. The smallest absolute Gasteiger partial charge is 0.0374 e. The first-order valence-electron chi connectivity index (χ1n) is 6.14. The van der Waals surface area contributed by atoms with Gasteiger partial charge < -0.3 is 5.32 Å². The van der Waals surface area contributed by atoms with Crippen LogP contribution in [0.25, 0.3) is 0 Å². The largest absolute Gasteiger partial charge is 0.382 e. The Morgan fingerprint density at radius 2 is 2.07 bits per heavy atom. The Balaban J connectivity index is 2.04. The minimum absolute atomic E-state index is 0.702. The van der Waals surface area contributed by atoms with E-state index in [2.05, 4.69) is 43.4 Å². The molecular weight excluding hydrogens is 182 g/mol. The Morgan fingerprint density at radius 3 is 2.73 bits per heavy atom. The van der Waals surface area contributed by atoms with Gasteiger partial charge in [-0.2, -0.15) is 0 Å². The third-order valence-electron chi connectivity index (χ3n) is 3.45. The van der Waals surface area contributed by atoms with Crippen LogP contribution in [0.1, 0.15) is 38.7 Å². The number of para-hydroxylation sites is 1. The van der Waals surface area contributed by atoms with Crippen molar-refractivity contribution in [3.05, 3.63) is 29.8 Å². The van der Waals surface area contributed by atoms with Crippen molar-refractivity contribution < 1.29 is 0 Å². The molecule has 0 spiro atoms. The maximum atomic E-state index is 3.69. The molecule has 0 radical (unpaired) electrons. The van der Waals surface area contributed by atoms with E-state index in [1.807, 2.05) is 0 Å². The van der Waals surface area contributed by atoms with Gasteiger partial charge in [0.15, 0.2) is 0 Å². The van der Waals surface area contributed by atoms with Crippen LogP contribution in [0.15, 0.2) is 24.3 Å². The number of nitrogens with one attached hydrogen (secondary N) is 1. The summed E-state index contributed by atoms with van der Waals surface area (Å²) in [6.07, 6.45) is 5.16. The molecule has 2 atom stereocenters. The number of anilines is 1. The summed E-state index contributed by atoms with van der Waals surface area (Å²) >= 11 is 0. The zero-order chi connectivity index (χ0) is 10.7. The molecule has 82 valence electrons. The Hall–Kier alpha value is -0.980. The Labute approximate surface area is 92.9 Å². The van der Waals surface area contributed by atoms with Crippen molar-refractivity contribution in [1.82, 2.24) is 0 Å². The van der Waals surface area contributed by atoms with E-state index < -0.39 is 0 Å². The highest BCUT2D eigenvalue weighted by Gasteiger charge is 2.21. The SMILES string of the molecule is CCc1ccccc1NC1CCC(C)C1. The standard InChI is InChI=1S/C14H21N/c1-3-12-6-4-5-7-14(12)15-13-9-8-11(2)10-13/h4-7,11,13,15H,3,8-10H2,1-2H3. The molecule has 1 aliphatic carbocycles. The molecular formula is C14H21N. The number of hydrogen-bond acceptors (Lipinski definition) is 1. The minimum atomic E-state index is 0.702. The molecule has 1 heteroatoms. The lowest BCUT2D eigenvalue weighted by atomic mass is 10.1. The molecule has 1 aromatic rings. The van der Waals surface area contributed by atoms with E-state index in [9.17, 15) is 0 Å². The third-order valence-corrected chi connectivity index (χ3v) is 3.45.